The minimum absolute atomic E-state index is 0.233. The molecule has 2 heteroatoms. The van der Waals surface area contributed by atoms with Crippen LogP contribution in [0.15, 0.2) is 30.3 Å². The van der Waals surface area contributed by atoms with E-state index in [4.69, 9.17) is 4.74 Å². The predicted octanol–water partition coefficient (Wildman–Crippen LogP) is 2.46. The van der Waals surface area contributed by atoms with Crippen molar-refractivity contribution in [2.24, 2.45) is 0 Å². The first-order valence-corrected chi connectivity index (χ1v) is 5.44. The summed E-state index contributed by atoms with van der Waals surface area (Å²) in [5, 5.41) is 10.6. The summed E-state index contributed by atoms with van der Waals surface area (Å²) >= 11 is 0. The Morgan fingerprint density at radius 3 is 2.47 bits per heavy atom. The number of ether oxygens (including phenoxy) is 1. The molecule has 2 rings (SSSR count). The Balaban J connectivity index is 2.27. The molecule has 15 heavy (non-hydrogen) atoms. The van der Waals surface area contributed by atoms with Gasteiger partial charge in [0.05, 0.1) is 17.8 Å². The Labute approximate surface area is 90.9 Å². The Morgan fingerprint density at radius 1 is 1.20 bits per heavy atom. The Bertz CT molecular complexity index is 332. The summed E-state index contributed by atoms with van der Waals surface area (Å²) in [7, 11) is 0. The van der Waals surface area contributed by atoms with Gasteiger partial charge in [0.25, 0.3) is 0 Å². The first-order valence-electron chi connectivity index (χ1n) is 5.44. The van der Waals surface area contributed by atoms with Crippen molar-refractivity contribution >= 4 is 0 Å². The van der Waals surface area contributed by atoms with Crippen LogP contribution in [0.3, 0.4) is 0 Å². The van der Waals surface area contributed by atoms with E-state index in [-0.39, 0.29) is 5.60 Å². The van der Waals surface area contributed by atoms with Crippen LogP contribution in [0.1, 0.15) is 32.3 Å². The van der Waals surface area contributed by atoms with Crippen LogP contribution in [-0.2, 0) is 10.3 Å². The molecule has 0 spiro atoms. The lowest BCUT2D eigenvalue weighted by Crippen LogP contribution is -2.43. The van der Waals surface area contributed by atoms with Gasteiger partial charge in [0.15, 0.2) is 0 Å². The first kappa shape index (κ1) is 10.7. The highest BCUT2D eigenvalue weighted by atomic mass is 16.5. The Hall–Kier alpha value is -0.860. The molecule has 2 nitrogen and oxygen atoms in total. The van der Waals surface area contributed by atoms with Crippen molar-refractivity contribution in [3.63, 3.8) is 0 Å². The van der Waals surface area contributed by atoms with Gasteiger partial charge in [-0.05, 0) is 19.4 Å². The van der Waals surface area contributed by atoms with Crippen molar-refractivity contribution in [1.29, 1.82) is 0 Å². The van der Waals surface area contributed by atoms with E-state index < -0.39 is 5.60 Å². The molecule has 0 bridgehead atoms. The topological polar surface area (TPSA) is 29.5 Å². The molecule has 1 N–H and O–H groups in total. The summed E-state index contributed by atoms with van der Waals surface area (Å²) in [6, 6.07) is 9.88. The number of hydrogen-bond donors (Lipinski definition) is 1. The molecule has 1 fully saturated rings. The van der Waals surface area contributed by atoms with Crippen LogP contribution in [0, 0.1) is 0 Å². The van der Waals surface area contributed by atoms with Crippen LogP contribution in [0.25, 0.3) is 0 Å². The van der Waals surface area contributed by atoms with E-state index in [0.29, 0.717) is 19.4 Å². The molecule has 0 aliphatic carbocycles. The monoisotopic (exact) mass is 206 g/mol. The van der Waals surface area contributed by atoms with Gasteiger partial charge in [-0.1, -0.05) is 30.3 Å². The summed E-state index contributed by atoms with van der Waals surface area (Å²) in [6.45, 7) is 4.68. The zero-order chi connectivity index (χ0) is 10.9. The van der Waals surface area contributed by atoms with Crippen molar-refractivity contribution < 1.29 is 9.84 Å². The number of aliphatic hydroxyl groups is 1. The maximum Gasteiger partial charge on any atom is 0.0945 e. The molecule has 1 aliphatic rings. The van der Waals surface area contributed by atoms with Crippen LogP contribution >= 0.6 is 0 Å². The maximum absolute atomic E-state index is 10.6. The van der Waals surface area contributed by atoms with E-state index >= 15 is 0 Å². The lowest BCUT2D eigenvalue weighted by atomic mass is 9.79. The summed E-state index contributed by atoms with van der Waals surface area (Å²) < 4.78 is 5.62. The van der Waals surface area contributed by atoms with Gasteiger partial charge in [-0.25, -0.2) is 0 Å². The van der Waals surface area contributed by atoms with Gasteiger partial charge < -0.3 is 9.84 Å². The average Bonchev–Trinajstić information content (AvgIpc) is 2.17. The van der Waals surface area contributed by atoms with Gasteiger partial charge in [0, 0.05) is 12.8 Å². The minimum atomic E-state index is -0.719. The fraction of sp³-hybridized carbons (Fsp3) is 0.538. The largest absolute Gasteiger partial charge is 0.385 e. The second-order valence-corrected chi connectivity index (χ2v) is 4.93. The van der Waals surface area contributed by atoms with Gasteiger partial charge in [-0.3, -0.25) is 0 Å². The van der Waals surface area contributed by atoms with E-state index in [1.54, 1.807) is 0 Å². The molecule has 0 saturated carbocycles. The normalized spacial score (nSPS) is 30.1. The van der Waals surface area contributed by atoms with Crippen molar-refractivity contribution in [2.45, 2.75) is 37.9 Å². The molecule has 0 radical (unpaired) electrons. The molecule has 1 aromatic carbocycles. The molecule has 1 heterocycles. The Kier molecular flexibility index (Phi) is 2.57. The SMILES string of the molecule is CC1(C)CC(O)(c2ccccc2)CCO1. The van der Waals surface area contributed by atoms with Crippen molar-refractivity contribution in [3.8, 4) is 0 Å². The molecule has 1 saturated heterocycles. The van der Waals surface area contributed by atoms with Crippen molar-refractivity contribution in [2.75, 3.05) is 6.61 Å². The third kappa shape index (κ3) is 2.21. The van der Waals surface area contributed by atoms with E-state index in [1.807, 2.05) is 44.2 Å². The minimum Gasteiger partial charge on any atom is -0.385 e. The highest BCUT2D eigenvalue weighted by molar-refractivity contribution is 5.23. The summed E-state index contributed by atoms with van der Waals surface area (Å²) in [6.07, 6.45) is 1.34. The highest BCUT2D eigenvalue weighted by Gasteiger charge is 2.40. The van der Waals surface area contributed by atoms with Crippen LogP contribution in [0.4, 0.5) is 0 Å². The molecular weight excluding hydrogens is 188 g/mol. The van der Waals surface area contributed by atoms with Crippen molar-refractivity contribution in [3.05, 3.63) is 35.9 Å². The summed E-state index contributed by atoms with van der Waals surface area (Å²) in [5.74, 6) is 0. The van der Waals surface area contributed by atoms with Gasteiger partial charge in [0.1, 0.15) is 0 Å². The maximum atomic E-state index is 10.6. The summed E-state index contributed by atoms with van der Waals surface area (Å²) in [5.41, 5.74) is 0.0487. The van der Waals surface area contributed by atoms with Crippen molar-refractivity contribution in [1.82, 2.24) is 0 Å². The lowest BCUT2D eigenvalue weighted by Gasteiger charge is -2.41. The smallest absolute Gasteiger partial charge is 0.0945 e. The van der Waals surface area contributed by atoms with E-state index in [2.05, 4.69) is 0 Å². The van der Waals surface area contributed by atoms with E-state index in [9.17, 15) is 5.11 Å². The summed E-state index contributed by atoms with van der Waals surface area (Å²) in [4.78, 5) is 0. The molecule has 0 amide bonds. The molecule has 1 unspecified atom stereocenters. The predicted molar refractivity (Wildman–Crippen MR) is 59.6 cm³/mol. The number of hydrogen-bond acceptors (Lipinski definition) is 2. The molecule has 1 aliphatic heterocycles. The molecular formula is C13H18O2. The second-order valence-electron chi connectivity index (χ2n) is 4.93. The molecule has 82 valence electrons. The molecule has 1 atom stereocenters. The number of benzene rings is 1. The van der Waals surface area contributed by atoms with Gasteiger partial charge in [-0.2, -0.15) is 0 Å². The fourth-order valence-corrected chi connectivity index (χ4v) is 2.33. The molecule has 0 aromatic heterocycles. The second kappa shape index (κ2) is 3.62. The standard InChI is InChI=1S/C13H18O2/c1-12(2)10-13(14,8-9-15-12)11-6-4-3-5-7-11/h3-7,14H,8-10H2,1-2H3. The van der Waals surface area contributed by atoms with Crippen LogP contribution in [0.2, 0.25) is 0 Å². The lowest BCUT2D eigenvalue weighted by molar-refractivity contribution is -0.148. The first-order chi connectivity index (χ1) is 7.02. The van der Waals surface area contributed by atoms with Gasteiger partial charge in [-0.15, -0.1) is 0 Å². The van der Waals surface area contributed by atoms with Gasteiger partial charge >= 0.3 is 0 Å². The van der Waals surface area contributed by atoms with E-state index in [0.717, 1.165) is 5.56 Å². The third-order valence-corrected chi connectivity index (χ3v) is 3.04. The van der Waals surface area contributed by atoms with Crippen LogP contribution in [0.5, 0.6) is 0 Å². The third-order valence-electron chi connectivity index (χ3n) is 3.04. The van der Waals surface area contributed by atoms with Crippen LogP contribution < -0.4 is 0 Å². The quantitative estimate of drug-likeness (QED) is 0.764. The van der Waals surface area contributed by atoms with Crippen LogP contribution in [-0.4, -0.2) is 17.3 Å². The highest BCUT2D eigenvalue weighted by Crippen LogP contribution is 2.38. The van der Waals surface area contributed by atoms with Gasteiger partial charge in [0.2, 0.25) is 0 Å². The zero-order valence-corrected chi connectivity index (χ0v) is 9.36. The Morgan fingerprint density at radius 2 is 1.87 bits per heavy atom. The average molecular weight is 206 g/mol. The molecule has 1 aromatic rings. The fourth-order valence-electron chi connectivity index (χ4n) is 2.33. The van der Waals surface area contributed by atoms with E-state index in [1.165, 1.54) is 0 Å². The zero-order valence-electron chi connectivity index (χ0n) is 9.36. The number of rotatable bonds is 1.